The number of hydrogen-bond donors (Lipinski definition) is 1. The fraction of sp³-hybridized carbons (Fsp3) is 0.308. The van der Waals surface area contributed by atoms with Crippen molar-refractivity contribution in [2.24, 2.45) is 0 Å². The molecule has 2 heterocycles. The maximum Gasteiger partial charge on any atom is 0.239 e. The highest BCUT2D eigenvalue weighted by Crippen LogP contribution is 2.33. The molecule has 1 atom stereocenters. The lowest BCUT2D eigenvalue weighted by Gasteiger charge is -2.24. The Morgan fingerprint density at radius 3 is 2.53 bits per heavy atom. The first-order valence-corrected chi connectivity index (χ1v) is 10.9. The number of aromatic nitrogens is 1. The highest BCUT2D eigenvalue weighted by atomic mass is 16.5. The Morgan fingerprint density at radius 2 is 1.88 bits per heavy atom. The summed E-state index contributed by atoms with van der Waals surface area (Å²) in [5.74, 6) is 1.16. The zero-order valence-electron chi connectivity index (χ0n) is 18.8. The van der Waals surface area contributed by atoms with Crippen LogP contribution in [0.25, 0.3) is 5.69 Å². The number of carbonyl (C=O) groups excluding carboxylic acids is 1. The quantitative estimate of drug-likeness (QED) is 0.615. The van der Waals surface area contributed by atoms with E-state index in [1.807, 2.05) is 60.9 Å². The van der Waals surface area contributed by atoms with Gasteiger partial charge in [0.05, 0.1) is 19.2 Å². The van der Waals surface area contributed by atoms with E-state index in [0.29, 0.717) is 11.4 Å². The summed E-state index contributed by atoms with van der Waals surface area (Å²) in [5.41, 5.74) is 4.38. The number of anilines is 1. The maximum absolute atomic E-state index is 13.1. The second-order valence-corrected chi connectivity index (χ2v) is 8.17. The van der Waals surface area contributed by atoms with Gasteiger partial charge in [0, 0.05) is 17.4 Å². The Balaban J connectivity index is 1.60. The predicted octanol–water partition coefficient (Wildman–Crippen LogP) is 4.75. The average molecular weight is 429 g/mol. The van der Waals surface area contributed by atoms with Crippen LogP contribution in [0.15, 0.2) is 54.6 Å². The summed E-state index contributed by atoms with van der Waals surface area (Å²) in [6.07, 6.45) is 2.11. The number of likely N-dealkylation sites (tertiary alicyclic amines) is 1. The van der Waals surface area contributed by atoms with Crippen molar-refractivity contribution in [3.63, 3.8) is 0 Å². The molecule has 1 unspecified atom stereocenters. The lowest BCUT2D eigenvalue weighted by atomic mass is 10.0. The van der Waals surface area contributed by atoms with Crippen LogP contribution in [0.2, 0.25) is 0 Å². The fourth-order valence-corrected chi connectivity index (χ4v) is 4.54. The number of nitrogens with zero attached hydrogens (tertiary/aromatic N) is 3. The topological polar surface area (TPSA) is 70.3 Å². The second-order valence-electron chi connectivity index (χ2n) is 8.17. The van der Waals surface area contributed by atoms with E-state index in [-0.39, 0.29) is 18.5 Å². The number of rotatable bonds is 6. The van der Waals surface area contributed by atoms with E-state index >= 15 is 0 Å². The molecule has 1 saturated heterocycles. The molecule has 0 radical (unpaired) electrons. The highest BCUT2D eigenvalue weighted by Gasteiger charge is 2.28. The van der Waals surface area contributed by atoms with Crippen molar-refractivity contribution < 1.29 is 9.53 Å². The van der Waals surface area contributed by atoms with E-state index in [4.69, 9.17) is 4.74 Å². The van der Waals surface area contributed by atoms with Crippen LogP contribution in [0, 0.1) is 25.2 Å². The van der Waals surface area contributed by atoms with Gasteiger partial charge in [0.25, 0.3) is 0 Å². The van der Waals surface area contributed by atoms with Crippen molar-refractivity contribution >= 4 is 11.7 Å². The highest BCUT2D eigenvalue weighted by molar-refractivity contribution is 5.93. The summed E-state index contributed by atoms with van der Waals surface area (Å²) < 4.78 is 7.20. The molecule has 1 aliphatic heterocycles. The molecular weight excluding hydrogens is 400 g/mol. The molecule has 0 bridgehead atoms. The number of methoxy groups -OCH3 is 1. The van der Waals surface area contributed by atoms with E-state index in [1.54, 1.807) is 7.11 Å². The van der Waals surface area contributed by atoms with Crippen LogP contribution in [0.3, 0.4) is 0 Å². The molecule has 0 saturated carbocycles. The molecule has 2 aromatic carbocycles. The zero-order valence-corrected chi connectivity index (χ0v) is 18.8. The molecular formula is C26H28N4O2. The van der Waals surface area contributed by atoms with Crippen molar-refractivity contribution in [3.8, 4) is 17.5 Å². The molecule has 6 heteroatoms. The van der Waals surface area contributed by atoms with Gasteiger partial charge >= 0.3 is 0 Å². The predicted molar refractivity (Wildman–Crippen MR) is 125 cm³/mol. The maximum atomic E-state index is 13.1. The van der Waals surface area contributed by atoms with Crippen LogP contribution in [0.4, 0.5) is 5.82 Å². The number of carbonyl (C=O) groups is 1. The smallest absolute Gasteiger partial charge is 0.239 e. The van der Waals surface area contributed by atoms with Crippen LogP contribution in [0.1, 0.15) is 41.3 Å². The summed E-state index contributed by atoms with van der Waals surface area (Å²) in [7, 11) is 1.63. The summed E-state index contributed by atoms with van der Waals surface area (Å²) in [5, 5.41) is 12.9. The largest absolute Gasteiger partial charge is 0.497 e. The van der Waals surface area contributed by atoms with Gasteiger partial charge in [0.15, 0.2) is 0 Å². The number of ether oxygens (including phenoxy) is 1. The van der Waals surface area contributed by atoms with Crippen LogP contribution < -0.4 is 10.1 Å². The van der Waals surface area contributed by atoms with E-state index in [9.17, 15) is 10.1 Å². The minimum atomic E-state index is -0.114. The van der Waals surface area contributed by atoms with Gasteiger partial charge in [-0.1, -0.05) is 30.3 Å². The average Bonchev–Trinajstić information content (AvgIpc) is 3.36. The molecule has 0 aliphatic carbocycles. The molecule has 3 aromatic rings. The summed E-state index contributed by atoms with van der Waals surface area (Å²) in [4.78, 5) is 15.3. The minimum absolute atomic E-state index is 0.114. The van der Waals surface area contributed by atoms with E-state index < -0.39 is 0 Å². The van der Waals surface area contributed by atoms with Gasteiger partial charge in [-0.05, 0) is 68.6 Å². The van der Waals surface area contributed by atoms with Crippen LogP contribution in [0.5, 0.6) is 5.75 Å². The third kappa shape index (κ3) is 4.12. The number of nitriles is 1. The fourth-order valence-electron chi connectivity index (χ4n) is 4.54. The van der Waals surface area contributed by atoms with Crippen molar-refractivity contribution in [3.05, 3.63) is 77.0 Å². The summed E-state index contributed by atoms with van der Waals surface area (Å²) in [6, 6.07) is 20.4. The van der Waals surface area contributed by atoms with Crippen molar-refractivity contribution in [2.75, 3.05) is 25.5 Å². The molecule has 1 N–H and O–H groups in total. The molecule has 1 fully saturated rings. The Morgan fingerprint density at radius 1 is 1.16 bits per heavy atom. The Labute approximate surface area is 189 Å². The molecule has 6 nitrogen and oxygen atoms in total. The first-order chi connectivity index (χ1) is 15.5. The molecule has 0 spiro atoms. The van der Waals surface area contributed by atoms with Gasteiger partial charge in [-0.15, -0.1) is 0 Å². The monoisotopic (exact) mass is 428 g/mol. The van der Waals surface area contributed by atoms with E-state index in [2.05, 4.69) is 28.4 Å². The Hall–Kier alpha value is -3.56. The van der Waals surface area contributed by atoms with Gasteiger partial charge in [-0.2, -0.15) is 5.26 Å². The normalized spacial score (nSPS) is 16.0. The summed E-state index contributed by atoms with van der Waals surface area (Å²) in [6.45, 7) is 5.05. The van der Waals surface area contributed by atoms with E-state index in [1.165, 1.54) is 5.56 Å². The lowest BCUT2D eigenvalue weighted by molar-refractivity contribution is -0.117. The third-order valence-electron chi connectivity index (χ3n) is 6.31. The number of hydrogen-bond acceptors (Lipinski definition) is 4. The second kappa shape index (κ2) is 9.29. The molecule has 32 heavy (non-hydrogen) atoms. The van der Waals surface area contributed by atoms with Crippen molar-refractivity contribution in [1.82, 2.24) is 9.47 Å². The number of benzene rings is 2. The van der Waals surface area contributed by atoms with Gasteiger partial charge in [-0.25, -0.2) is 0 Å². The molecule has 1 aromatic heterocycles. The third-order valence-corrected chi connectivity index (χ3v) is 6.31. The number of amides is 1. The Kier molecular flexibility index (Phi) is 6.29. The standard InChI is InChI=1S/C26H28N4O2/c1-18-19(2)30(21-11-13-22(32-3)14-12-21)26(23(18)16-27)28-25(31)17-29-15-7-10-24(29)20-8-5-4-6-9-20/h4-6,8-9,11-14,24H,7,10,15,17H2,1-3H3,(H,28,31). The van der Waals surface area contributed by atoms with Crippen LogP contribution in [-0.4, -0.2) is 35.6 Å². The molecule has 164 valence electrons. The van der Waals surface area contributed by atoms with Gasteiger partial charge in [0.2, 0.25) is 5.91 Å². The molecule has 1 aliphatic rings. The molecule has 4 rings (SSSR count). The first kappa shape index (κ1) is 21.7. The minimum Gasteiger partial charge on any atom is -0.497 e. The Bertz CT molecular complexity index is 1140. The van der Waals surface area contributed by atoms with E-state index in [0.717, 1.165) is 42.1 Å². The first-order valence-electron chi connectivity index (χ1n) is 10.9. The summed E-state index contributed by atoms with van der Waals surface area (Å²) >= 11 is 0. The van der Waals surface area contributed by atoms with Crippen molar-refractivity contribution in [2.45, 2.75) is 32.7 Å². The lowest BCUT2D eigenvalue weighted by Crippen LogP contribution is -2.33. The van der Waals surface area contributed by atoms with Crippen LogP contribution in [-0.2, 0) is 4.79 Å². The SMILES string of the molecule is COc1ccc(-n2c(C)c(C)c(C#N)c2NC(=O)CN2CCCC2c2ccccc2)cc1. The van der Waals surface area contributed by atoms with Gasteiger partial charge < -0.3 is 10.1 Å². The van der Waals surface area contributed by atoms with Crippen molar-refractivity contribution in [1.29, 1.82) is 5.26 Å². The van der Waals surface area contributed by atoms with Crippen LogP contribution >= 0.6 is 0 Å². The van der Waals surface area contributed by atoms with Gasteiger partial charge in [-0.3, -0.25) is 14.3 Å². The zero-order chi connectivity index (χ0) is 22.7. The molecule has 1 amide bonds. The number of nitrogens with one attached hydrogen (secondary N) is 1. The van der Waals surface area contributed by atoms with Gasteiger partial charge in [0.1, 0.15) is 17.6 Å².